The predicted octanol–water partition coefficient (Wildman–Crippen LogP) is 2.39. The SMILES string of the molecule is CC1CCCC(NC(=O)COc2ccc(C(N)=S)cc2)C1. The van der Waals surface area contributed by atoms with Crippen LogP contribution in [0, 0.1) is 5.92 Å². The van der Waals surface area contributed by atoms with Gasteiger partial charge in [-0.1, -0.05) is 32.0 Å². The molecule has 2 atom stereocenters. The summed E-state index contributed by atoms with van der Waals surface area (Å²) in [6.07, 6.45) is 4.58. The van der Waals surface area contributed by atoms with Gasteiger partial charge in [-0.2, -0.15) is 0 Å². The van der Waals surface area contributed by atoms with Gasteiger partial charge in [-0.05, 0) is 43.0 Å². The first-order valence-corrected chi connectivity index (χ1v) is 7.77. The Morgan fingerprint density at radius 3 is 2.71 bits per heavy atom. The van der Waals surface area contributed by atoms with Crippen LogP contribution in [0.5, 0.6) is 5.75 Å². The van der Waals surface area contributed by atoms with E-state index in [0.717, 1.165) is 18.4 Å². The fourth-order valence-electron chi connectivity index (χ4n) is 2.70. The van der Waals surface area contributed by atoms with E-state index >= 15 is 0 Å². The second kappa shape index (κ2) is 7.41. The third-order valence-electron chi connectivity index (χ3n) is 3.81. The molecule has 0 bridgehead atoms. The number of benzene rings is 1. The summed E-state index contributed by atoms with van der Waals surface area (Å²) in [4.78, 5) is 12.2. The van der Waals surface area contributed by atoms with Crippen LogP contribution in [0.25, 0.3) is 0 Å². The molecule has 0 saturated heterocycles. The fraction of sp³-hybridized carbons (Fsp3) is 0.500. The second-order valence-corrected chi connectivity index (χ2v) is 6.15. The number of carbonyl (C=O) groups excluding carboxylic acids is 1. The molecule has 114 valence electrons. The monoisotopic (exact) mass is 306 g/mol. The minimum atomic E-state index is -0.0625. The molecule has 1 aromatic carbocycles. The van der Waals surface area contributed by atoms with Crippen LogP contribution >= 0.6 is 12.2 Å². The highest BCUT2D eigenvalue weighted by Crippen LogP contribution is 2.23. The zero-order chi connectivity index (χ0) is 15.2. The quantitative estimate of drug-likeness (QED) is 0.820. The Balaban J connectivity index is 1.76. The van der Waals surface area contributed by atoms with Crippen molar-refractivity contribution in [3.63, 3.8) is 0 Å². The Kier molecular flexibility index (Phi) is 5.56. The lowest BCUT2D eigenvalue weighted by Gasteiger charge is -2.27. The molecule has 1 saturated carbocycles. The van der Waals surface area contributed by atoms with Crippen LogP contribution in [0.4, 0.5) is 0 Å². The molecule has 1 aliphatic carbocycles. The van der Waals surface area contributed by atoms with Crippen LogP contribution < -0.4 is 15.8 Å². The lowest BCUT2D eigenvalue weighted by molar-refractivity contribution is -0.124. The summed E-state index contributed by atoms with van der Waals surface area (Å²) in [6, 6.07) is 7.41. The normalized spacial score (nSPS) is 21.6. The zero-order valence-electron chi connectivity index (χ0n) is 12.3. The Morgan fingerprint density at radius 2 is 2.10 bits per heavy atom. The number of amides is 1. The molecule has 0 radical (unpaired) electrons. The van der Waals surface area contributed by atoms with E-state index < -0.39 is 0 Å². The summed E-state index contributed by atoms with van der Waals surface area (Å²) in [5.74, 6) is 1.27. The average molecular weight is 306 g/mol. The summed E-state index contributed by atoms with van der Waals surface area (Å²) < 4.78 is 5.47. The van der Waals surface area contributed by atoms with E-state index in [1.54, 1.807) is 24.3 Å². The van der Waals surface area contributed by atoms with Gasteiger partial charge >= 0.3 is 0 Å². The molecule has 1 fully saturated rings. The van der Waals surface area contributed by atoms with Gasteiger partial charge in [0.15, 0.2) is 6.61 Å². The Labute approximate surface area is 131 Å². The molecule has 1 aliphatic rings. The number of hydrogen-bond donors (Lipinski definition) is 2. The summed E-state index contributed by atoms with van der Waals surface area (Å²) in [5, 5.41) is 3.04. The van der Waals surface area contributed by atoms with Crippen molar-refractivity contribution in [1.82, 2.24) is 5.32 Å². The van der Waals surface area contributed by atoms with Crippen LogP contribution in [-0.2, 0) is 4.79 Å². The topological polar surface area (TPSA) is 64.3 Å². The zero-order valence-corrected chi connectivity index (χ0v) is 13.1. The van der Waals surface area contributed by atoms with Crippen molar-refractivity contribution in [2.45, 2.75) is 38.6 Å². The van der Waals surface area contributed by atoms with Gasteiger partial charge < -0.3 is 15.8 Å². The molecule has 0 heterocycles. The van der Waals surface area contributed by atoms with Gasteiger partial charge in [-0.15, -0.1) is 0 Å². The van der Waals surface area contributed by atoms with E-state index in [2.05, 4.69) is 12.2 Å². The van der Waals surface area contributed by atoms with Crippen LogP contribution in [0.2, 0.25) is 0 Å². The minimum Gasteiger partial charge on any atom is -0.484 e. The second-order valence-electron chi connectivity index (χ2n) is 5.71. The number of ether oxygens (including phenoxy) is 1. The fourth-order valence-corrected chi connectivity index (χ4v) is 2.83. The molecule has 1 amide bonds. The van der Waals surface area contributed by atoms with Crippen molar-refractivity contribution in [3.05, 3.63) is 29.8 Å². The number of rotatable bonds is 5. The lowest BCUT2D eigenvalue weighted by Crippen LogP contribution is -2.40. The molecule has 0 aromatic heterocycles. The smallest absolute Gasteiger partial charge is 0.258 e. The van der Waals surface area contributed by atoms with Gasteiger partial charge in [0.1, 0.15) is 10.7 Å². The van der Waals surface area contributed by atoms with E-state index in [4.69, 9.17) is 22.7 Å². The van der Waals surface area contributed by atoms with Crippen molar-refractivity contribution in [2.75, 3.05) is 6.61 Å². The van der Waals surface area contributed by atoms with Crippen molar-refractivity contribution in [1.29, 1.82) is 0 Å². The van der Waals surface area contributed by atoms with Gasteiger partial charge in [-0.3, -0.25) is 4.79 Å². The summed E-state index contributed by atoms with van der Waals surface area (Å²) in [5.41, 5.74) is 6.32. The van der Waals surface area contributed by atoms with Gasteiger partial charge in [0, 0.05) is 11.6 Å². The Bertz CT molecular complexity index is 502. The van der Waals surface area contributed by atoms with Crippen molar-refractivity contribution in [2.24, 2.45) is 11.7 Å². The summed E-state index contributed by atoms with van der Waals surface area (Å²) in [6.45, 7) is 2.27. The predicted molar refractivity (Wildman–Crippen MR) is 87.4 cm³/mol. The first-order chi connectivity index (χ1) is 10.0. The number of hydrogen-bond acceptors (Lipinski definition) is 3. The highest BCUT2D eigenvalue weighted by molar-refractivity contribution is 7.80. The van der Waals surface area contributed by atoms with Crippen molar-refractivity contribution >= 4 is 23.1 Å². The van der Waals surface area contributed by atoms with Crippen LogP contribution in [-0.4, -0.2) is 23.5 Å². The van der Waals surface area contributed by atoms with E-state index in [1.165, 1.54) is 12.8 Å². The maximum atomic E-state index is 11.9. The maximum absolute atomic E-state index is 11.9. The number of thiocarbonyl (C=S) groups is 1. The van der Waals surface area contributed by atoms with Crippen molar-refractivity contribution in [3.8, 4) is 5.75 Å². The molecule has 2 unspecified atom stereocenters. The van der Waals surface area contributed by atoms with Gasteiger partial charge in [-0.25, -0.2) is 0 Å². The van der Waals surface area contributed by atoms with Crippen LogP contribution in [0.3, 0.4) is 0 Å². The third kappa shape index (κ3) is 5.01. The summed E-state index contributed by atoms with van der Waals surface area (Å²) >= 11 is 4.88. The number of carbonyl (C=O) groups is 1. The van der Waals surface area contributed by atoms with E-state index in [1.807, 2.05) is 0 Å². The van der Waals surface area contributed by atoms with Gasteiger partial charge in [0.05, 0.1) is 0 Å². The Morgan fingerprint density at radius 1 is 1.38 bits per heavy atom. The molecular weight excluding hydrogens is 284 g/mol. The lowest BCUT2D eigenvalue weighted by atomic mass is 9.87. The maximum Gasteiger partial charge on any atom is 0.258 e. The molecule has 0 spiro atoms. The molecule has 21 heavy (non-hydrogen) atoms. The molecule has 3 N–H and O–H groups in total. The van der Waals surface area contributed by atoms with Gasteiger partial charge in [0.2, 0.25) is 0 Å². The first-order valence-electron chi connectivity index (χ1n) is 7.36. The molecular formula is C16H22N2O2S. The molecule has 1 aromatic rings. The minimum absolute atomic E-state index is 0.0390. The largest absolute Gasteiger partial charge is 0.484 e. The van der Waals surface area contributed by atoms with Crippen molar-refractivity contribution < 1.29 is 9.53 Å². The number of nitrogens with one attached hydrogen (secondary N) is 1. The molecule has 5 heteroatoms. The van der Waals surface area contributed by atoms with E-state index in [9.17, 15) is 4.79 Å². The highest BCUT2D eigenvalue weighted by Gasteiger charge is 2.20. The number of nitrogens with two attached hydrogens (primary N) is 1. The first kappa shape index (κ1) is 15.8. The highest BCUT2D eigenvalue weighted by atomic mass is 32.1. The summed E-state index contributed by atoms with van der Waals surface area (Å²) in [7, 11) is 0. The molecule has 4 nitrogen and oxygen atoms in total. The average Bonchev–Trinajstić information content (AvgIpc) is 2.45. The standard InChI is InChI=1S/C16H22N2O2S/c1-11-3-2-4-13(9-11)18-15(19)10-20-14-7-5-12(6-8-14)16(17)21/h5-8,11,13H,2-4,9-10H2,1H3,(H2,17,21)(H,18,19). The Hall–Kier alpha value is -1.62. The van der Waals surface area contributed by atoms with Gasteiger partial charge in [0.25, 0.3) is 5.91 Å². The van der Waals surface area contributed by atoms with Crippen LogP contribution in [0.15, 0.2) is 24.3 Å². The van der Waals surface area contributed by atoms with E-state index in [-0.39, 0.29) is 12.5 Å². The molecule has 2 rings (SSSR count). The van der Waals surface area contributed by atoms with E-state index in [0.29, 0.717) is 22.7 Å². The third-order valence-corrected chi connectivity index (χ3v) is 4.05. The van der Waals surface area contributed by atoms with Crippen LogP contribution in [0.1, 0.15) is 38.2 Å². The molecule has 0 aliphatic heterocycles.